The van der Waals surface area contributed by atoms with Gasteiger partial charge in [0.1, 0.15) is 5.75 Å². The predicted molar refractivity (Wildman–Crippen MR) is 66.3 cm³/mol. The molecule has 17 heavy (non-hydrogen) atoms. The van der Waals surface area contributed by atoms with E-state index in [1.807, 2.05) is 31.2 Å². The van der Waals surface area contributed by atoms with Gasteiger partial charge in [0.05, 0.1) is 0 Å². The third-order valence-corrected chi connectivity index (χ3v) is 2.94. The third kappa shape index (κ3) is 3.20. The van der Waals surface area contributed by atoms with Gasteiger partial charge < -0.3 is 15.4 Å². The topological polar surface area (TPSA) is 50.4 Å². The molecule has 0 saturated carbocycles. The summed E-state index contributed by atoms with van der Waals surface area (Å²) in [6.45, 7) is 3.82. The zero-order chi connectivity index (χ0) is 12.1. The van der Waals surface area contributed by atoms with Crippen molar-refractivity contribution in [1.82, 2.24) is 10.6 Å². The van der Waals surface area contributed by atoms with Crippen LogP contribution in [0.5, 0.6) is 5.75 Å². The molecule has 1 fully saturated rings. The Kier molecular flexibility index (Phi) is 3.98. The number of carbonyl (C=O) groups is 1. The number of hydrogen-bond donors (Lipinski definition) is 2. The van der Waals surface area contributed by atoms with Crippen molar-refractivity contribution in [3.05, 3.63) is 29.8 Å². The molecular weight excluding hydrogens is 216 g/mol. The van der Waals surface area contributed by atoms with Crippen LogP contribution in [0, 0.1) is 0 Å². The molecule has 0 aliphatic carbocycles. The second kappa shape index (κ2) is 5.68. The SMILES string of the molecule is CCc1ccccc1OC(=O)NC1CCNC1. The highest BCUT2D eigenvalue weighted by Gasteiger charge is 2.18. The lowest BCUT2D eigenvalue weighted by atomic mass is 10.1. The molecule has 1 atom stereocenters. The van der Waals surface area contributed by atoms with Crippen molar-refractivity contribution in [3.63, 3.8) is 0 Å². The Morgan fingerprint density at radius 2 is 2.35 bits per heavy atom. The van der Waals surface area contributed by atoms with E-state index in [4.69, 9.17) is 4.74 Å². The number of rotatable bonds is 3. The minimum atomic E-state index is -0.361. The molecule has 0 bridgehead atoms. The van der Waals surface area contributed by atoms with Crippen molar-refractivity contribution in [2.45, 2.75) is 25.8 Å². The van der Waals surface area contributed by atoms with Gasteiger partial charge in [-0.3, -0.25) is 0 Å². The number of benzene rings is 1. The summed E-state index contributed by atoms with van der Waals surface area (Å²) in [6.07, 6.45) is 1.46. The number of carbonyl (C=O) groups excluding carboxylic acids is 1. The van der Waals surface area contributed by atoms with Gasteiger partial charge in [0, 0.05) is 12.6 Å². The molecule has 0 aromatic heterocycles. The monoisotopic (exact) mass is 234 g/mol. The fraction of sp³-hybridized carbons (Fsp3) is 0.462. The molecular formula is C13H18N2O2. The van der Waals surface area contributed by atoms with Crippen LogP contribution < -0.4 is 15.4 Å². The quantitative estimate of drug-likeness (QED) is 0.837. The van der Waals surface area contributed by atoms with Crippen LogP contribution in [0.25, 0.3) is 0 Å². The number of para-hydroxylation sites is 1. The first kappa shape index (κ1) is 11.9. The van der Waals surface area contributed by atoms with Crippen molar-refractivity contribution in [1.29, 1.82) is 0 Å². The largest absolute Gasteiger partial charge is 0.412 e. The first-order chi connectivity index (χ1) is 8.29. The van der Waals surface area contributed by atoms with E-state index in [1.165, 1.54) is 0 Å². The van der Waals surface area contributed by atoms with Crippen molar-refractivity contribution in [2.75, 3.05) is 13.1 Å². The summed E-state index contributed by atoms with van der Waals surface area (Å²) in [7, 11) is 0. The highest BCUT2D eigenvalue weighted by atomic mass is 16.6. The molecule has 1 aliphatic rings. The lowest BCUT2D eigenvalue weighted by molar-refractivity contribution is 0.196. The first-order valence-corrected chi connectivity index (χ1v) is 6.06. The maximum atomic E-state index is 11.7. The first-order valence-electron chi connectivity index (χ1n) is 6.06. The number of nitrogens with one attached hydrogen (secondary N) is 2. The van der Waals surface area contributed by atoms with Crippen molar-refractivity contribution >= 4 is 6.09 Å². The summed E-state index contributed by atoms with van der Waals surface area (Å²) in [4.78, 5) is 11.7. The van der Waals surface area contributed by atoms with E-state index in [0.29, 0.717) is 5.75 Å². The van der Waals surface area contributed by atoms with Crippen molar-refractivity contribution < 1.29 is 9.53 Å². The van der Waals surface area contributed by atoms with Gasteiger partial charge in [-0.05, 0) is 31.0 Å². The highest BCUT2D eigenvalue weighted by Crippen LogP contribution is 2.18. The molecule has 4 nitrogen and oxygen atoms in total. The second-order valence-corrected chi connectivity index (χ2v) is 4.18. The average molecular weight is 234 g/mol. The van der Waals surface area contributed by atoms with E-state index in [2.05, 4.69) is 10.6 Å². The molecule has 1 saturated heterocycles. The summed E-state index contributed by atoms with van der Waals surface area (Å²) >= 11 is 0. The molecule has 1 amide bonds. The van der Waals surface area contributed by atoms with E-state index >= 15 is 0 Å². The minimum absolute atomic E-state index is 0.191. The molecule has 1 aromatic carbocycles. The number of aryl methyl sites for hydroxylation is 1. The molecule has 2 N–H and O–H groups in total. The number of hydrogen-bond acceptors (Lipinski definition) is 3. The summed E-state index contributed by atoms with van der Waals surface area (Å²) < 4.78 is 5.32. The molecule has 1 unspecified atom stereocenters. The Morgan fingerprint density at radius 3 is 3.06 bits per heavy atom. The summed E-state index contributed by atoms with van der Waals surface area (Å²) in [6, 6.07) is 7.81. The van der Waals surface area contributed by atoms with Crippen molar-refractivity contribution in [2.24, 2.45) is 0 Å². The zero-order valence-corrected chi connectivity index (χ0v) is 10.0. The molecule has 2 rings (SSSR count). The molecule has 4 heteroatoms. The van der Waals surface area contributed by atoms with E-state index < -0.39 is 0 Å². The molecule has 1 aliphatic heterocycles. The maximum absolute atomic E-state index is 11.7. The van der Waals surface area contributed by atoms with E-state index in [0.717, 1.165) is 31.5 Å². The van der Waals surface area contributed by atoms with Gasteiger partial charge in [0.25, 0.3) is 0 Å². The standard InChI is InChI=1S/C13H18N2O2/c1-2-10-5-3-4-6-12(10)17-13(16)15-11-7-8-14-9-11/h3-6,11,14H,2,7-9H2,1H3,(H,15,16). The van der Waals surface area contributed by atoms with Crippen molar-refractivity contribution in [3.8, 4) is 5.75 Å². The van der Waals surface area contributed by atoms with Crippen LogP contribution in [0.2, 0.25) is 0 Å². The van der Waals surface area contributed by atoms with Crippen LogP contribution in [-0.2, 0) is 6.42 Å². The Balaban J connectivity index is 1.92. The molecule has 1 heterocycles. The van der Waals surface area contributed by atoms with Crippen LogP contribution in [0.3, 0.4) is 0 Å². The molecule has 1 aromatic rings. The third-order valence-electron chi connectivity index (χ3n) is 2.94. The Hall–Kier alpha value is -1.55. The number of ether oxygens (including phenoxy) is 1. The second-order valence-electron chi connectivity index (χ2n) is 4.18. The van der Waals surface area contributed by atoms with Gasteiger partial charge in [-0.25, -0.2) is 4.79 Å². The van der Waals surface area contributed by atoms with Gasteiger partial charge in [0.15, 0.2) is 0 Å². The van der Waals surface area contributed by atoms with Gasteiger partial charge in [-0.1, -0.05) is 25.1 Å². The Bertz CT molecular complexity index is 387. The van der Waals surface area contributed by atoms with Crippen LogP contribution in [-0.4, -0.2) is 25.2 Å². The lowest BCUT2D eigenvalue weighted by Crippen LogP contribution is -2.38. The maximum Gasteiger partial charge on any atom is 0.412 e. The Labute approximate surface area is 101 Å². The Morgan fingerprint density at radius 1 is 1.53 bits per heavy atom. The highest BCUT2D eigenvalue weighted by molar-refractivity contribution is 5.71. The van der Waals surface area contributed by atoms with E-state index in [1.54, 1.807) is 0 Å². The van der Waals surface area contributed by atoms with Crippen LogP contribution in [0.1, 0.15) is 18.9 Å². The van der Waals surface area contributed by atoms with Gasteiger partial charge in [-0.2, -0.15) is 0 Å². The molecule has 0 spiro atoms. The summed E-state index contributed by atoms with van der Waals surface area (Å²) in [5, 5.41) is 6.05. The summed E-state index contributed by atoms with van der Waals surface area (Å²) in [5.41, 5.74) is 1.05. The van der Waals surface area contributed by atoms with E-state index in [9.17, 15) is 4.79 Å². The van der Waals surface area contributed by atoms with Crippen LogP contribution in [0.15, 0.2) is 24.3 Å². The predicted octanol–water partition coefficient (Wildman–Crippen LogP) is 1.70. The smallest absolute Gasteiger partial charge is 0.410 e. The van der Waals surface area contributed by atoms with Crippen LogP contribution >= 0.6 is 0 Å². The van der Waals surface area contributed by atoms with E-state index in [-0.39, 0.29) is 12.1 Å². The summed E-state index contributed by atoms with van der Waals surface area (Å²) in [5.74, 6) is 0.651. The van der Waals surface area contributed by atoms with Crippen LogP contribution in [0.4, 0.5) is 4.79 Å². The van der Waals surface area contributed by atoms with Gasteiger partial charge in [-0.15, -0.1) is 0 Å². The number of amides is 1. The minimum Gasteiger partial charge on any atom is -0.410 e. The zero-order valence-electron chi connectivity index (χ0n) is 10.0. The fourth-order valence-electron chi connectivity index (χ4n) is 1.97. The molecule has 0 radical (unpaired) electrons. The average Bonchev–Trinajstić information content (AvgIpc) is 2.82. The van der Waals surface area contributed by atoms with Gasteiger partial charge in [0.2, 0.25) is 0 Å². The lowest BCUT2D eigenvalue weighted by Gasteiger charge is -2.13. The normalized spacial score (nSPS) is 19.0. The van der Waals surface area contributed by atoms with Gasteiger partial charge >= 0.3 is 6.09 Å². The fourth-order valence-corrected chi connectivity index (χ4v) is 1.97. The molecule has 92 valence electrons.